The molecule has 1 heterocycles. The highest BCUT2D eigenvalue weighted by Gasteiger charge is 2.23. The van der Waals surface area contributed by atoms with Crippen molar-refractivity contribution in [3.63, 3.8) is 0 Å². The SMILES string of the molecule is O=S(=O)(NCC1NCCc2ccccc21)c1ccc(OC(F)F)c(F)c1. The van der Waals surface area contributed by atoms with Crippen LogP contribution in [0.25, 0.3) is 0 Å². The van der Waals surface area contributed by atoms with Crippen molar-refractivity contribution < 1.29 is 26.3 Å². The second-order valence-electron chi connectivity index (χ2n) is 5.78. The lowest BCUT2D eigenvalue weighted by molar-refractivity contribution is -0.0522. The summed E-state index contributed by atoms with van der Waals surface area (Å²) in [5.41, 5.74) is 2.16. The first-order valence-corrected chi connectivity index (χ1v) is 9.40. The van der Waals surface area contributed by atoms with Gasteiger partial charge in [-0.25, -0.2) is 17.5 Å². The summed E-state index contributed by atoms with van der Waals surface area (Å²) < 4.78 is 69.2. The minimum absolute atomic E-state index is 0.0796. The number of sulfonamides is 1. The molecule has 5 nitrogen and oxygen atoms in total. The van der Waals surface area contributed by atoms with Crippen molar-refractivity contribution in [3.05, 3.63) is 59.4 Å². The predicted octanol–water partition coefficient (Wildman–Crippen LogP) is 2.59. The topological polar surface area (TPSA) is 67.4 Å². The van der Waals surface area contributed by atoms with Crippen LogP contribution in [0.2, 0.25) is 0 Å². The molecule has 0 radical (unpaired) electrons. The van der Waals surface area contributed by atoms with Gasteiger partial charge in [0.05, 0.1) is 4.90 Å². The van der Waals surface area contributed by atoms with Crippen molar-refractivity contribution in [2.45, 2.75) is 24.0 Å². The van der Waals surface area contributed by atoms with Gasteiger partial charge in [0, 0.05) is 12.6 Å². The summed E-state index contributed by atoms with van der Waals surface area (Å²) in [5, 5.41) is 3.24. The van der Waals surface area contributed by atoms with Gasteiger partial charge in [0.15, 0.2) is 11.6 Å². The third-order valence-corrected chi connectivity index (χ3v) is 5.54. The maximum atomic E-state index is 13.8. The summed E-state index contributed by atoms with van der Waals surface area (Å²) in [4.78, 5) is -0.360. The molecule has 0 aliphatic carbocycles. The zero-order valence-corrected chi connectivity index (χ0v) is 14.4. The van der Waals surface area contributed by atoms with Crippen LogP contribution < -0.4 is 14.8 Å². The van der Waals surface area contributed by atoms with E-state index in [1.54, 1.807) is 0 Å². The number of nitrogens with one attached hydrogen (secondary N) is 2. The molecule has 1 aliphatic heterocycles. The fourth-order valence-corrected chi connectivity index (χ4v) is 3.95. The summed E-state index contributed by atoms with van der Waals surface area (Å²) in [5.74, 6) is -1.88. The molecule has 0 fully saturated rings. The van der Waals surface area contributed by atoms with E-state index in [-0.39, 0.29) is 17.5 Å². The Morgan fingerprint density at radius 3 is 2.73 bits per heavy atom. The van der Waals surface area contributed by atoms with Crippen LogP contribution in [0.15, 0.2) is 47.4 Å². The normalized spacial score (nSPS) is 17.2. The van der Waals surface area contributed by atoms with E-state index < -0.39 is 28.2 Å². The number of alkyl halides is 2. The summed E-state index contributed by atoms with van der Waals surface area (Å²) in [6.07, 6.45) is 0.857. The van der Waals surface area contributed by atoms with E-state index in [2.05, 4.69) is 14.8 Å². The van der Waals surface area contributed by atoms with Gasteiger partial charge in [0.1, 0.15) is 0 Å². The Labute approximate surface area is 149 Å². The molecular weight excluding hydrogens is 369 g/mol. The average molecular weight is 386 g/mol. The van der Waals surface area contributed by atoms with Gasteiger partial charge in [-0.1, -0.05) is 24.3 Å². The maximum Gasteiger partial charge on any atom is 0.387 e. The molecule has 0 amide bonds. The average Bonchev–Trinajstić information content (AvgIpc) is 2.61. The van der Waals surface area contributed by atoms with E-state index in [9.17, 15) is 21.6 Å². The van der Waals surface area contributed by atoms with E-state index in [1.807, 2.05) is 24.3 Å². The first-order chi connectivity index (χ1) is 12.4. The molecule has 26 heavy (non-hydrogen) atoms. The molecule has 9 heteroatoms. The van der Waals surface area contributed by atoms with Gasteiger partial charge in [0.2, 0.25) is 10.0 Å². The van der Waals surface area contributed by atoms with Gasteiger partial charge in [-0.2, -0.15) is 8.78 Å². The highest BCUT2D eigenvalue weighted by Crippen LogP contribution is 2.24. The lowest BCUT2D eigenvalue weighted by Gasteiger charge is -2.27. The molecular formula is C17H17F3N2O3S. The van der Waals surface area contributed by atoms with Gasteiger partial charge in [0.25, 0.3) is 0 Å². The maximum absolute atomic E-state index is 13.8. The Bertz CT molecular complexity index is 891. The standard InChI is InChI=1S/C17H17F3N2O3S/c18-14-9-12(5-6-16(14)25-17(19)20)26(23,24)22-10-15-13-4-2-1-3-11(13)7-8-21-15/h1-6,9,15,17,21-22H,7-8,10H2. The van der Waals surface area contributed by atoms with Gasteiger partial charge in [-0.05, 0) is 42.3 Å². The number of halogens is 3. The van der Waals surface area contributed by atoms with E-state index >= 15 is 0 Å². The van der Waals surface area contributed by atoms with E-state index in [1.165, 1.54) is 0 Å². The zero-order chi connectivity index (χ0) is 18.7. The second-order valence-corrected chi connectivity index (χ2v) is 7.55. The molecule has 0 saturated heterocycles. The number of benzene rings is 2. The fourth-order valence-electron chi connectivity index (χ4n) is 2.89. The van der Waals surface area contributed by atoms with Gasteiger partial charge >= 0.3 is 6.61 Å². The van der Waals surface area contributed by atoms with Crippen LogP contribution in [0.1, 0.15) is 17.2 Å². The monoisotopic (exact) mass is 386 g/mol. The molecule has 2 aromatic rings. The fraction of sp³-hybridized carbons (Fsp3) is 0.294. The third kappa shape index (κ3) is 4.17. The molecule has 0 spiro atoms. The van der Waals surface area contributed by atoms with Gasteiger partial charge in [-0.15, -0.1) is 0 Å². The highest BCUT2D eigenvalue weighted by atomic mass is 32.2. The minimum Gasteiger partial charge on any atom is -0.432 e. The van der Waals surface area contributed by atoms with Crippen LogP contribution in [-0.2, 0) is 16.4 Å². The molecule has 0 bridgehead atoms. The first-order valence-electron chi connectivity index (χ1n) is 7.92. The Hall–Kier alpha value is -2.10. The number of ether oxygens (including phenoxy) is 1. The summed E-state index contributed by atoms with van der Waals surface area (Å²) in [6, 6.07) is 10.1. The van der Waals surface area contributed by atoms with Crippen LogP contribution in [0.5, 0.6) is 5.75 Å². The minimum atomic E-state index is -4.00. The van der Waals surface area contributed by atoms with Crippen molar-refractivity contribution in [2.75, 3.05) is 13.1 Å². The molecule has 1 unspecified atom stereocenters. The van der Waals surface area contributed by atoms with Crippen molar-refractivity contribution in [1.82, 2.24) is 10.0 Å². The number of hydrogen-bond acceptors (Lipinski definition) is 4. The number of fused-ring (bicyclic) bond motifs is 1. The van der Waals surface area contributed by atoms with E-state index in [0.29, 0.717) is 6.07 Å². The molecule has 1 aliphatic rings. The lowest BCUT2D eigenvalue weighted by Crippen LogP contribution is -2.38. The van der Waals surface area contributed by atoms with Gasteiger partial charge < -0.3 is 10.1 Å². The molecule has 140 valence electrons. The smallest absolute Gasteiger partial charge is 0.387 e. The quantitative estimate of drug-likeness (QED) is 0.801. The summed E-state index contributed by atoms with van der Waals surface area (Å²) in [6.45, 7) is -2.39. The predicted molar refractivity (Wildman–Crippen MR) is 89.1 cm³/mol. The first kappa shape index (κ1) is 18.7. The Morgan fingerprint density at radius 1 is 1.23 bits per heavy atom. The summed E-state index contributed by atoms with van der Waals surface area (Å²) in [7, 11) is -4.00. The highest BCUT2D eigenvalue weighted by molar-refractivity contribution is 7.89. The molecule has 2 N–H and O–H groups in total. The zero-order valence-electron chi connectivity index (χ0n) is 13.6. The second kappa shape index (κ2) is 7.65. The van der Waals surface area contributed by atoms with Crippen LogP contribution in [0.3, 0.4) is 0 Å². The van der Waals surface area contributed by atoms with Crippen molar-refractivity contribution in [1.29, 1.82) is 0 Å². The van der Waals surface area contributed by atoms with Crippen molar-refractivity contribution in [2.24, 2.45) is 0 Å². The largest absolute Gasteiger partial charge is 0.432 e. The van der Waals surface area contributed by atoms with E-state index in [4.69, 9.17) is 0 Å². The summed E-state index contributed by atoms with van der Waals surface area (Å²) >= 11 is 0. The molecule has 0 aromatic heterocycles. The Morgan fingerprint density at radius 2 is 2.00 bits per heavy atom. The number of hydrogen-bond donors (Lipinski definition) is 2. The molecule has 1 atom stereocenters. The molecule has 3 rings (SSSR count). The van der Waals surface area contributed by atoms with E-state index in [0.717, 1.165) is 36.2 Å². The molecule has 0 saturated carbocycles. The van der Waals surface area contributed by atoms with Gasteiger partial charge in [-0.3, -0.25) is 0 Å². The Balaban J connectivity index is 1.73. The van der Waals surface area contributed by atoms with Crippen LogP contribution in [0, 0.1) is 5.82 Å². The van der Waals surface area contributed by atoms with Crippen LogP contribution in [-0.4, -0.2) is 28.1 Å². The Kier molecular flexibility index (Phi) is 5.49. The van der Waals surface area contributed by atoms with Crippen LogP contribution >= 0.6 is 0 Å². The third-order valence-electron chi connectivity index (χ3n) is 4.12. The van der Waals surface area contributed by atoms with Crippen LogP contribution in [0.4, 0.5) is 13.2 Å². The molecule has 2 aromatic carbocycles. The van der Waals surface area contributed by atoms with Crippen molar-refractivity contribution >= 4 is 10.0 Å². The van der Waals surface area contributed by atoms with Crippen molar-refractivity contribution in [3.8, 4) is 5.75 Å². The number of rotatable bonds is 6. The lowest BCUT2D eigenvalue weighted by atomic mass is 9.95.